The standard InChI is InChI=1S/C31H31F2N5O4/c1-18-8-10-41-16-20-11-22(4-6-28(20)42-17-24-25(33)13-21(32)14-29(24)40-2)37-31-35-9-7-27(38-31)23-5-3-19(12-26(23)34)30(39)36-15-18/h3-7,9,11-14,18H,8,10,15-17,34H2,1-2H3,(H,36,39)(H,35,37,38)/t18-/m1/s1. The van der Waals surface area contributed by atoms with E-state index < -0.39 is 11.6 Å². The first kappa shape index (κ1) is 28.7. The van der Waals surface area contributed by atoms with E-state index in [2.05, 4.69) is 20.6 Å². The number of nitrogens with zero attached hydrogens (tertiary/aromatic N) is 2. The van der Waals surface area contributed by atoms with Gasteiger partial charge in [0, 0.05) is 59.5 Å². The number of nitrogens with one attached hydrogen (secondary N) is 2. The van der Waals surface area contributed by atoms with E-state index in [1.165, 1.54) is 7.11 Å². The Morgan fingerprint density at radius 3 is 2.76 bits per heavy atom. The minimum Gasteiger partial charge on any atom is -0.496 e. The number of carbonyl (C=O) groups excluding carboxylic acids is 1. The average molecular weight is 576 g/mol. The number of halogens is 2. The molecule has 0 radical (unpaired) electrons. The summed E-state index contributed by atoms with van der Waals surface area (Å²) in [7, 11) is 1.34. The van der Waals surface area contributed by atoms with Gasteiger partial charge >= 0.3 is 0 Å². The second-order valence-electron chi connectivity index (χ2n) is 10.0. The molecule has 1 amide bonds. The number of hydrogen-bond acceptors (Lipinski definition) is 8. The summed E-state index contributed by atoms with van der Waals surface area (Å²) in [5, 5.41) is 6.15. The molecule has 6 rings (SSSR count). The van der Waals surface area contributed by atoms with Crippen LogP contribution in [-0.2, 0) is 18.0 Å². The molecule has 4 N–H and O–H groups in total. The Balaban J connectivity index is 1.45. The number of aromatic nitrogens is 2. The first-order chi connectivity index (χ1) is 20.3. The van der Waals surface area contributed by atoms with Crippen molar-refractivity contribution in [3.05, 3.63) is 89.1 Å². The average Bonchev–Trinajstić information content (AvgIpc) is 2.97. The van der Waals surface area contributed by atoms with E-state index in [0.29, 0.717) is 65.0 Å². The van der Waals surface area contributed by atoms with Gasteiger partial charge in [0.05, 0.1) is 25.0 Å². The van der Waals surface area contributed by atoms with E-state index in [0.717, 1.165) is 12.1 Å². The van der Waals surface area contributed by atoms with Gasteiger partial charge in [0.1, 0.15) is 29.7 Å². The Labute approximate surface area is 242 Å². The Kier molecular flexibility index (Phi) is 8.77. The fourth-order valence-electron chi connectivity index (χ4n) is 4.54. The zero-order valence-electron chi connectivity index (χ0n) is 23.2. The van der Waals surface area contributed by atoms with Gasteiger partial charge in [0.2, 0.25) is 5.95 Å². The van der Waals surface area contributed by atoms with Crippen molar-refractivity contribution < 1.29 is 27.8 Å². The Hall–Kier alpha value is -4.77. The number of methoxy groups -OCH3 is 1. The molecule has 218 valence electrons. The van der Waals surface area contributed by atoms with Crippen LogP contribution >= 0.6 is 0 Å². The molecular weight excluding hydrogens is 544 g/mol. The lowest BCUT2D eigenvalue weighted by atomic mass is 10.0. The van der Waals surface area contributed by atoms with Gasteiger partial charge in [-0.3, -0.25) is 4.79 Å². The van der Waals surface area contributed by atoms with Gasteiger partial charge in [-0.1, -0.05) is 6.92 Å². The molecule has 11 heteroatoms. The summed E-state index contributed by atoms with van der Waals surface area (Å²) >= 11 is 0. The number of carbonyl (C=O) groups is 1. The minimum absolute atomic E-state index is 0.0563. The van der Waals surface area contributed by atoms with Gasteiger partial charge in [0.25, 0.3) is 5.91 Å². The van der Waals surface area contributed by atoms with E-state index >= 15 is 0 Å². The van der Waals surface area contributed by atoms with Gasteiger partial charge in [-0.2, -0.15) is 0 Å². The molecule has 0 aliphatic carbocycles. The molecule has 42 heavy (non-hydrogen) atoms. The lowest BCUT2D eigenvalue weighted by Gasteiger charge is -2.17. The monoisotopic (exact) mass is 575 g/mol. The van der Waals surface area contributed by atoms with Gasteiger partial charge < -0.3 is 30.6 Å². The van der Waals surface area contributed by atoms with Crippen LogP contribution in [-0.4, -0.2) is 36.1 Å². The van der Waals surface area contributed by atoms with Crippen molar-refractivity contribution in [1.82, 2.24) is 15.3 Å². The topological polar surface area (TPSA) is 121 Å². The number of hydrogen-bond donors (Lipinski definition) is 3. The molecule has 3 heterocycles. The molecular formula is C31H31F2N5O4. The SMILES string of the molecule is COc1cc(F)cc(F)c1COc1ccc2cc1COCC[C@@H](C)CNC(=O)c1ccc(c(N)c1)-c1ccnc(n1)N2. The van der Waals surface area contributed by atoms with Crippen LogP contribution in [0.25, 0.3) is 11.3 Å². The number of benzene rings is 3. The highest BCUT2D eigenvalue weighted by atomic mass is 19.1. The molecule has 3 aromatic carbocycles. The van der Waals surface area contributed by atoms with Crippen LogP contribution in [0.3, 0.4) is 0 Å². The van der Waals surface area contributed by atoms with Crippen LogP contribution in [0.1, 0.15) is 34.8 Å². The summed E-state index contributed by atoms with van der Waals surface area (Å²) in [5.74, 6) is -0.711. The predicted molar refractivity (Wildman–Crippen MR) is 155 cm³/mol. The van der Waals surface area contributed by atoms with Crippen LogP contribution in [0.2, 0.25) is 0 Å². The van der Waals surface area contributed by atoms with Crippen LogP contribution < -0.4 is 25.8 Å². The van der Waals surface area contributed by atoms with Gasteiger partial charge in [-0.15, -0.1) is 0 Å². The van der Waals surface area contributed by atoms with Crippen LogP contribution in [0.4, 0.5) is 26.1 Å². The molecule has 0 unspecified atom stereocenters. The van der Waals surface area contributed by atoms with Crippen molar-refractivity contribution in [3.8, 4) is 22.8 Å². The van der Waals surface area contributed by atoms with Crippen molar-refractivity contribution in [2.75, 3.05) is 31.3 Å². The van der Waals surface area contributed by atoms with E-state index in [-0.39, 0.29) is 36.4 Å². The van der Waals surface area contributed by atoms with Crippen LogP contribution in [0, 0.1) is 17.6 Å². The number of fused-ring (bicyclic) bond motifs is 9. The van der Waals surface area contributed by atoms with E-state index in [9.17, 15) is 13.6 Å². The fourth-order valence-corrected chi connectivity index (χ4v) is 4.54. The molecule has 2 aliphatic rings. The molecule has 0 fully saturated rings. The summed E-state index contributed by atoms with van der Waals surface area (Å²) in [6.07, 6.45) is 2.31. The van der Waals surface area contributed by atoms with Crippen LogP contribution in [0.5, 0.6) is 11.5 Å². The number of anilines is 3. The summed E-state index contributed by atoms with van der Waals surface area (Å²) in [6.45, 7) is 2.95. The number of nitrogen functional groups attached to an aromatic ring is 1. The summed E-state index contributed by atoms with van der Waals surface area (Å²) < 4.78 is 45.3. The largest absolute Gasteiger partial charge is 0.496 e. The zero-order valence-corrected chi connectivity index (χ0v) is 23.2. The highest BCUT2D eigenvalue weighted by Gasteiger charge is 2.16. The lowest BCUT2D eigenvalue weighted by Crippen LogP contribution is -2.28. The molecule has 9 nitrogen and oxygen atoms in total. The summed E-state index contributed by atoms with van der Waals surface area (Å²) in [5.41, 5.74) is 9.91. The van der Waals surface area contributed by atoms with Crippen molar-refractivity contribution in [2.45, 2.75) is 26.6 Å². The minimum atomic E-state index is -0.764. The first-order valence-electron chi connectivity index (χ1n) is 13.4. The second kappa shape index (κ2) is 12.8. The Bertz CT molecular complexity index is 1600. The molecule has 2 aliphatic heterocycles. The molecule has 0 spiro atoms. The summed E-state index contributed by atoms with van der Waals surface area (Å²) in [4.78, 5) is 21.7. The molecule has 1 aromatic heterocycles. The van der Waals surface area contributed by atoms with Gasteiger partial charge in [-0.25, -0.2) is 18.7 Å². The van der Waals surface area contributed by atoms with Crippen molar-refractivity contribution in [2.24, 2.45) is 5.92 Å². The summed E-state index contributed by atoms with van der Waals surface area (Å²) in [6, 6.07) is 14.1. The Morgan fingerprint density at radius 1 is 1.10 bits per heavy atom. The molecule has 1 atom stereocenters. The maximum atomic E-state index is 14.5. The van der Waals surface area contributed by atoms with E-state index in [1.807, 2.05) is 13.0 Å². The lowest BCUT2D eigenvalue weighted by molar-refractivity contribution is 0.0923. The van der Waals surface area contributed by atoms with Crippen molar-refractivity contribution in [1.29, 1.82) is 0 Å². The maximum Gasteiger partial charge on any atom is 0.251 e. The maximum absolute atomic E-state index is 14.5. The van der Waals surface area contributed by atoms with Crippen LogP contribution in [0.15, 0.2) is 60.8 Å². The highest BCUT2D eigenvalue weighted by molar-refractivity contribution is 5.96. The van der Waals surface area contributed by atoms with Gasteiger partial charge in [0.15, 0.2) is 0 Å². The zero-order chi connectivity index (χ0) is 29.6. The molecule has 0 saturated carbocycles. The first-order valence-corrected chi connectivity index (χ1v) is 13.4. The van der Waals surface area contributed by atoms with E-state index in [1.54, 1.807) is 42.6 Å². The fraction of sp³-hybridized carbons (Fsp3) is 0.258. The number of amides is 1. The third kappa shape index (κ3) is 6.74. The normalized spacial score (nSPS) is 15.5. The third-order valence-electron chi connectivity index (χ3n) is 6.90. The number of rotatable bonds is 4. The second-order valence-corrected chi connectivity index (χ2v) is 10.0. The highest BCUT2D eigenvalue weighted by Crippen LogP contribution is 2.30. The number of ether oxygens (including phenoxy) is 3. The van der Waals surface area contributed by atoms with Crippen molar-refractivity contribution >= 4 is 23.2 Å². The number of nitrogens with two attached hydrogens (primary N) is 1. The Morgan fingerprint density at radius 2 is 1.95 bits per heavy atom. The predicted octanol–water partition coefficient (Wildman–Crippen LogP) is 5.62. The molecule has 6 bridgehead atoms. The van der Waals surface area contributed by atoms with E-state index in [4.69, 9.17) is 19.9 Å². The quantitative estimate of drug-likeness (QED) is 0.268. The third-order valence-corrected chi connectivity index (χ3v) is 6.90. The molecule has 0 saturated heterocycles. The van der Waals surface area contributed by atoms with Gasteiger partial charge in [-0.05, 0) is 54.8 Å². The van der Waals surface area contributed by atoms with Crippen molar-refractivity contribution in [3.63, 3.8) is 0 Å². The smallest absolute Gasteiger partial charge is 0.251 e. The molecule has 4 aromatic rings.